The van der Waals surface area contributed by atoms with Crippen molar-refractivity contribution in [3.05, 3.63) is 76.6 Å². The fourth-order valence-electron chi connectivity index (χ4n) is 3.65. The van der Waals surface area contributed by atoms with Crippen LogP contribution >= 0.6 is 0 Å². The van der Waals surface area contributed by atoms with E-state index < -0.39 is 0 Å². The Hall–Kier alpha value is -2.93. The van der Waals surface area contributed by atoms with Crippen molar-refractivity contribution in [3.8, 4) is 0 Å². The van der Waals surface area contributed by atoms with Crippen molar-refractivity contribution < 1.29 is 0 Å². The highest BCUT2D eigenvalue weighted by atomic mass is 16.1. The summed E-state index contributed by atoms with van der Waals surface area (Å²) in [5, 5.41) is 8.09. The Bertz CT molecular complexity index is 964. The monoisotopic (exact) mass is 378 g/mol. The van der Waals surface area contributed by atoms with E-state index in [1.807, 2.05) is 29.1 Å². The second kappa shape index (κ2) is 8.39. The molecule has 3 heterocycles. The molecule has 1 atom stereocenters. The summed E-state index contributed by atoms with van der Waals surface area (Å²) < 4.78 is 3.55. The predicted octanol–water partition coefficient (Wildman–Crippen LogP) is 1.78. The number of nitrogens with one attached hydrogen (secondary N) is 1. The van der Waals surface area contributed by atoms with Crippen LogP contribution in [0.25, 0.3) is 0 Å². The number of piperidine rings is 1. The Morgan fingerprint density at radius 1 is 1.21 bits per heavy atom. The number of hydrogen-bond donors (Lipinski definition) is 1. The zero-order valence-electron chi connectivity index (χ0n) is 16.2. The molecule has 28 heavy (non-hydrogen) atoms. The molecule has 1 N–H and O–H groups in total. The van der Waals surface area contributed by atoms with E-state index in [0.717, 1.165) is 39.0 Å². The lowest BCUT2D eigenvalue weighted by molar-refractivity contribution is 0.419. The maximum Gasteiger partial charge on any atom is 0.293 e. The maximum atomic E-state index is 12.3. The number of rotatable bonds is 6. The quantitative estimate of drug-likeness (QED) is 0.708. The molecule has 0 spiro atoms. The van der Waals surface area contributed by atoms with Gasteiger partial charge in [-0.15, -0.1) is 0 Å². The number of nitrogens with zero attached hydrogens (tertiary/aromatic N) is 5. The van der Waals surface area contributed by atoms with Gasteiger partial charge in [0.1, 0.15) is 0 Å². The molecule has 0 aliphatic carbocycles. The summed E-state index contributed by atoms with van der Waals surface area (Å²) in [7, 11) is 1.76. The summed E-state index contributed by atoms with van der Waals surface area (Å²) in [6, 6.07) is 10.7. The first-order valence-corrected chi connectivity index (χ1v) is 9.74. The van der Waals surface area contributed by atoms with Gasteiger partial charge in [0.15, 0.2) is 5.82 Å². The first-order chi connectivity index (χ1) is 13.7. The molecule has 4 rings (SSSR count). The van der Waals surface area contributed by atoms with Gasteiger partial charge in [-0.25, -0.2) is 4.98 Å². The highest BCUT2D eigenvalue weighted by Crippen LogP contribution is 2.15. The Morgan fingerprint density at radius 2 is 2.07 bits per heavy atom. The highest BCUT2D eigenvalue weighted by molar-refractivity contribution is 5.36. The van der Waals surface area contributed by atoms with E-state index >= 15 is 0 Å². The van der Waals surface area contributed by atoms with E-state index in [-0.39, 0.29) is 5.56 Å². The lowest BCUT2D eigenvalue weighted by Crippen LogP contribution is -2.47. The van der Waals surface area contributed by atoms with Crippen LogP contribution in [0.15, 0.2) is 59.9 Å². The lowest BCUT2D eigenvalue weighted by Gasteiger charge is -2.33. The van der Waals surface area contributed by atoms with Crippen LogP contribution < -0.4 is 15.8 Å². The van der Waals surface area contributed by atoms with E-state index in [9.17, 15) is 4.79 Å². The van der Waals surface area contributed by atoms with Gasteiger partial charge in [-0.3, -0.25) is 9.48 Å². The zero-order valence-corrected chi connectivity index (χ0v) is 16.2. The molecule has 0 saturated carbocycles. The minimum absolute atomic E-state index is 0.0367. The largest absolute Gasteiger partial charge is 0.350 e. The van der Waals surface area contributed by atoms with E-state index in [0.29, 0.717) is 11.9 Å². The average molecular weight is 378 g/mol. The van der Waals surface area contributed by atoms with E-state index in [1.54, 1.807) is 24.0 Å². The van der Waals surface area contributed by atoms with Gasteiger partial charge in [-0.05, 0) is 18.4 Å². The van der Waals surface area contributed by atoms with Crippen LogP contribution in [0.2, 0.25) is 0 Å². The van der Waals surface area contributed by atoms with E-state index in [1.165, 1.54) is 11.1 Å². The second-order valence-electron chi connectivity index (χ2n) is 7.36. The molecule has 0 radical (unpaired) electrons. The van der Waals surface area contributed by atoms with Crippen molar-refractivity contribution in [2.75, 3.05) is 18.0 Å². The normalized spacial score (nSPS) is 17.0. The van der Waals surface area contributed by atoms with Gasteiger partial charge in [0.05, 0.1) is 12.7 Å². The third-order valence-electron chi connectivity index (χ3n) is 5.19. The van der Waals surface area contributed by atoms with Crippen molar-refractivity contribution in [2.24, 2.45) is 7.05 Å². The molecular weight excluding hydrogens is 352 g/mol. The minimum Gasteiger partial charge on any atom is -0.350 e. The lowest BCUT2D eigenvalue weighted by atomic mass is 10.1. The Morgan fingerprint density at radius 3 is 2.93 bits per heavy atom. The zero-order chi connectivity index (χ0) is 19.3. The Kier molecular flexibility index (Phi) is 5.53. The minimum atomic E-state index is -0.0367. The summed E-state index contributed by atoms with van der Waals surface area (Å²) >= 11 is 0. The van der Waals surface area contributed by atoms with E-state index in [4.69, 9.17) is 0 Å². The fraction of sp³-hybridized carbons (Fsp3) is 0.381. The molecular formula is C21H26N6O. The molecule has 7 nitrogen and oxygen atoms in total. The van der Waals surface area contributed by atoms with Gasteiger partial charge in [-0.1, -0.05) is 30.3 Å². The molecule has 1 unspecified atom stereocenters. The first-order valence-electron chi connectivity index (χ1n) is 9.74. The van der Waals surface area contributed by atoms with Crippen molar-refractivity contribution in [1.29, 1.82) is 0 Å². The van der Waals surface area contributed by atoms with Crippen LogP contribution in [0, 0.1) is 0 Å². The third kappa shape index (κ3) is 4.31. The van der Waals surface area contributed by atoms with Gasteiger partial charge < -0.3 is 14.8 Å². The predicted molar refractivity (Wildman–Crippen MR) is 109 cm³/mol. The van der Waals surface area contributed by atoms with Crippen LogP contribution in [0.4, 0.5) is 5.82 Å². The molecule has 1 aliphatic rings. The van der Waals surface area contributed by atoms with Gasteiger partial charge in [0, 0.05) is 56.9 Å². The molecule has 7 heteroatoms. The second-order valence-corrected chi connectivity index (χ2v) is 7.36. The number of aromatic nitrogens is 4. The number of hydrogen-bond acceptors (Lipinski definition) is 5. The number of anilines is 1. The summed E-state index contributed by atoms with van der Waals surface area (Å²) in [4.78, 5) is 18.7. The van der Waals surface area contributed by atoms with Crippen LogP contribution in [0.3, 0.4) is 0 Å². The van der Waals surface area contributed by atoms with Crippen molar-refractivity contribution in [3.63, 3.8) is 0 Å². The highest BCUT2D eigenvalue weighted by Gasteiger charge is 2.22. The van der Waals surface area contributed by atoms with Crippen molar-refractivity contribution in [1.82, 2.24) is 24.6 Å². The topological polar surface area (TPSA) is 68.0 Å². The number of benzene rings is 1. The van der Waals surface area contributed by atoms with Crippen LogP contribution in [-0.2, 0) is 20.1 Å². The van der Waals surface area contributed by atoms with Crippen LogP contribution in [0.1, 0.15) is 24.0 Å². The van der Waals surface area contributed by atoms with Gasteiger partial charge >= 0.3 is 0 Å². The van der Waals surface area contributed by atoms with Crippen molar-refractivity contribution in [2.45, 2.75) is 32.0 Å². The smallest absolute Gasteiger partial charge is 0.293 e. The molecule has 146 valence electrons. The molecule has 0 amide bonds. The SMILES string of the molecule is Cn1ccnc(N2CCCC(NCc3cnn(Cc4ccccc4)c3)C2)c1=O. The van der Waals surface area contributed by atoms with Gasteiger partial charge in [-0.2, -0.15) is 5.10 Å². The van der Waals surface area contributed by atoms with Gasteiger partial charge in [0.2, 0.25) is 0 Å². The Labute approximate surface area is 164 Å². The average Bonchev–Trinajstić information content (AvgIpc) is 3.17. The molecule has 1 aliphatic heterocycles. The van der Waals surface area contributed by atoms with Crippen molar-refractivity contribution >= 4 is 5.82 Å². The maximum absolute atomic E-state index is 12.3. The van der Waals surface area contributed by atoms with E-state index in [2.05, 4.69) is 38.6 Å². The first kappa shape index (κ1) is 18.4. The molecule has 0 bridgehead atoms. The molecule has 1 aromatic carbocycles. The Balaban J connectivity index is 1.34. The van der Waals surface area contributed by atoms with Crippen LogP contribution in [-0.4, -0.2) is 38.5 Å². The number of aryl methyl sites for hydroxylation is 1. The summed E-state index contributed by atoms with van der Waals surface area (Å²) in [6.45, 7) is 3.22. The molecule has 2 aromatic heterocycles. The molecule has 3 aromatic rings. The molecule has 1 fully saturated rings. The third-order valence-corrected chi connectivity index (χ3v) is 5.19. The summed E-state index contributed by atoms with van der Waals surface area (Å²) in [5.41, 5.74) is 2.37. The van der Waals surface area contributed by atoms with Crippen LogP contribution in [0.5, 0.6) is 0 Å². The summed E-state index contributed by atoms with van der Waals surface area (Å²) in [5.74, 6) is 0.548. The van der Waals surface area contributed by atoms with Gasteiger partial charge in [0.25, 0.3) is 5.56 Å². The molecule has 1 saturated heterocycles. The summed E-state index contributed by atoms with van der Waals surface area (Å²) in [6.07, 6.45) is 9.54. The standard InChI is InChI=1S/C21H26N6O/c1-25-11-9-22-20(21(25)28)26-10-5-8-19(16-26)23-12-18-13-24-27(15-18)14-17-6-3-2-4-7-17/h2-4,6-7,9,11,13,15,19,23H,5,8,10,12,14,16H2,1H3. The fourth-order valence-corrected chi connectivity index (χ4v) is 3.65.